The maximum absolute atomic E-state index is 13.4. The van der Waals surface area contributed by atoms with Gasteiger partial charge in [0.2, 0.25) is 0 Å². The first-order valence-electron chi connectivity index (χ1n) is 10.5. The van der Waals surface area contributed by atoms with E-state index in [-0.39, 0.29) is 29.7 Å². The number of ether oxygens (including phenoxy) is 1. The molecule has 2 aliphatic rings. The molecule has 1 aliphatic heterocycles. The summed E-state index contributed by atoms with van der Waals surface area (Å²) in [6, 6.07) is 19.9. The number of carbonyl (C=O) groups excluding carboxylic acids is 2. The summed E-state index contributed by atoms with van der Waals surface area (Å²) in [5.41, 5.74) is 4.26. The van der Waals surface area contributed by atoms with E-state index in [1.54, 1.807) is 0 Å². The van der Waals surface area contributed by atoms with Crippen LogP contribution in [0.25, 0.3) is 0 Å². The van der Waals surface area contributed by atoms with Crippen molar-refractivity contribution in [2.24, 2.45) is 5.92 Å². The predicted octanol–water partition coefficient (Wildman–Crippen LogP) is 4.86. The van der Waals surface area contributed by atoms with E-state index in [1.165, 1.54) is 0 Å². The van der Waals surface area contributed by atoms with Gasteiger partial charge in [-0.3, -0.25) is 4.79 Å². The summed E-state index contributed by atoms with van der Waals surface area (Å²) in [6.45, 7) is 5.56. The Morgan fingerprint density at radius 1 is 0.967 bits per heavy atom. The number of fused-ring (bicyclic) bond motifs is 1. The van der Waals surface area contributed by atoms with Crippen LogP contribution in [0.4, 0.5) is 0 Å². The summed E-state index contributed by atoms with van der Waals surface area (Å²) in [6.07, 6.45) is 2.36. The Labute approximate surface area is 177 Å². The quantitative estimate of drug-likeness (QED) is 0.744. The molecule has 0 saturated heterocycles. The zero-order chi connectivity index (χ0) is 21.3. The third-order valence-electron chi connectivity index (χ3n) is 5.81. The maximum Gasteiger partial charge on any atom is 0.336 e. The van der Waals surface area contributed by atoms with Crippen LogP contribution in [0.3, 0.4) is 0 Å². The van der Waals surface area contributed by atoms with Gasteiger partial charge in [-0.2, -0.15) is 0 Å². The van der Waals surface area contributed by atoms with Gasteiger partial charge >= 0.3 is 5.97 Å². The van der Waals surface area contributed by atoms with Crippen molar-refractivity contribution in [3.8, 4) is 0 Å². The molecule has 0 amide bonds. The van der Waals surface area contributed by atoms with Gasteiger partial charge in [0.05, 0.1) is 17.6 Å². The average Bonchev–Trinajstić information content (AvgIpc) is 2.73. The third kappa shape index (κ3) is 3.82. The number of benzene rings is 2. The predicted molar refractivity (Wildman–Crippen MR) is 117 cm³/mol. The number of allylic oxidation sites excluding steroid dienone is 3. The number of carbonyl (C=O) groups is 2. The number of ketones is 1. The largest absolute Gasteiger partial charge is 0.460 e. The highest BCUT2D eigenvalue weighted by atomic mass is 16.5. The van der Waals surface area contributed by atoms with Crippen LogP contribution in [-0.2, 0) is 14.3 Å². The molecule has 2 aromatic rings. The molecule has 3 atom stereocenters. The van der Waals surface area contributed by atoms with Gasteiger partial charge in [-0.1, -0.05) is 66.7 Å². The molecule has 4 rings (SSSR count). The summed E-state index contributed by atoms with van der Waals surface area (Å²) in [7, 11) is 0. The highest BCUT2D eigenvalue weighted by Gasteiger charge is 2.45. The molecule has 2 aromatic carbocycles. The molecule has 154 valence electrons. The number of rotatable bonds is 4. The molecule has 30 heavy (non-hydrogen) atoms. The number of esters is 1. The third-order valence-corrected chi connectivity index (χ3v) is 5.81. The van der Waals surface area contributed by atoms with Gasteiger partial charge in [-0.15, -0.1) is 0 Å². The molecule has 0 spiro atoms. The van der Waals surface area contributed by atoms with E-state index in [1.807, 2.05) is 69.3 Å². The topological polar surface area (TPSA) is 55.4 Å². The van der Waals surface area contributed by atoms with Crippen LogP contribution in [0, 0.1) is 5.92 Å². The maximum atomic E-state index is 13.4. The minimum absolute atomic E-state index is 0.0332. The number of hydrogen-bond acceptors (Lipinski definition) is 4. The van der Waals surface area contributed by atoms with Gasteiger partial charge in [0.15, 0.2) is 0 Å². The molecule has 0 saturated carbocycles. The Kier molecular flexibility index (Phi) is 5.58. The minimum atomic E-state index is -0.411. The van der Waals surface area contributed by atoms with Crippen molar-refractivity contribution in [1.82, 2.24) is 5.32 Å². The number of hydrogen-bond donors (Lipinski definition) is 1. The monoisotopic (exact) mass is 401 g/mol. The zero-order valence-corrected chi connectivity index (χ0v) is 17.6. The van der Waals surface area contributed by atoms with Gasteiger partial charge < -0.3 is 10.1 Å². The second-order valence-electron chi connectivity index (χ2n) is 8.29. The lowest BCUT2D eigenvalue weighted by Gasteiger charge is -2.39. The van der Waals surface area contributed by atoms with E-state index in [4.69, 9.17) is 4.74 Å². The zero-order valence-electron chi connectivity index (χ0n) is 17.6. The smallest absolute Gasteiger partial charge is 0.336 e. The van der Waals surface area contributed by atoms with Crippen LogP contribution in [0.1, 0.15) is 50.2 Å². The normalized spacial score (nSPS) is 23.5. The first-order chi connectivity index (χ1) is 14.5. The summed E-state index contributed by atoms with van der Waals surface area (Å²) in [5, 5.41) is 3.37. The van der Waals surface area contributed by atoms with E-state index >= 15 is 0 Å². The number of Topliss-reactive ketones (excluding diaryl/α,β-unsaturated/α-hetero) is 1. The second kappa shape index (κ2) is 8.31. The van der Waals surface area contributed by atoms with E-state index in [9.17, 15) is 9.59 Å². The Bertz CT molecular complexity index is 1010. The van der Waals surface area contributed by atoms with Gasteiger partial charge in [0.1, 0.15) is 5.78 Å². The lowest BCUT2D eigenvalue weighted by molar-refractivity contribution is -0.143. The van der Waals surface area contributed by atoms with Crippen molar-refractivity contribution in [3.63, 3.8) is 0 Å². The highest BCUT2D eigenvalue weighted by molar-refractivity contribution is 5.96. The molecule has 3 unspecified atom stereocenters. The van der Waals surface area contributed by atoms with E-state index in [0.717, 1.165) is 22.5 Å². The van der Waals surface area contributed by atoms with Crippen LogP contribution in [0.15, 0.2) is 83.7 Å². The molecule has 4 heteroatoms. The molecule has 0 radical (unpaired) electrons. The molecule has 0 bridgehead atoms. The van der Waals surface area contributed by atoms with Crippen LogP contribution >= 0.6 is 0 Å². The summed E-state index contributed by atoms with van der Waals surface area (Å²) >= 11 is 0. The van der Waals surface area contributed by atoms with Crippen LogP contribution in [0.2, 0.25) is 0 Å². The lowest BCUT2D eigenvalue weighted by atomic mass is 9.68. The fraction of sp³-hybridized carbons (Fsp3) is 0.308. The summed E-state index contributed by atoms with van der Waals surface area (Å²) in [4.78, 5) is 26.5. The molecule has 0 fully saturated rings. The Morgan fingerprint density at radius 3 is 2.17 bits per heavy atom. The molecular formula is C26H27NO3. The Morgan fingerprint density at radius 2 is 1.57 bits per heavy atom. The van der Waals surface area contributed by atoms with Crippen molar-refractivity contribution in [2.45, 2.75) is 45.1 Å². The van der Waals surface area contributed by atoms with Gasteiger partial charge in [-0.05, 0) is 31.9 Å². The molecular weight excluding hydrogens is 374 g/mol. The van der Waals surface area contributed by atoms with Crippen molar-refractivity contribution in [3.05, 3.63) is 94.8 Å². The van der Waals surface area contributed by atoms with E-state index in [0.29, 0.717) is 12.0 Å². The molecule has 1 heterocycles. The first-order valence-corrected chi connectivity index (χ1v) is 10.5. The fourth-order valence-electron chi connectivity index (χ4n) is 4.56. The lowest BCUT2D eigenvalue weighted by Crippen LogP contribution is -2.42. The van der Waals surface area contributed by atoms with E-state index in [2.05, 4.69) is 23.5 Å². The van der Waals surface area contributed by atoms with E-state index < -0.39 is 5.92 Å². The highest BCUT2D eigenvalue weighted by Crippen LogP contribution is 2.46. The Hall–Kier alpha value is -3.14. The summed E-state index contributed by atoms with van der Waals surface area (Å²) in [5.74, 6) is -0.947. The standard InChI is InChI=1S/C26H27NO3/c1-16(2)30-26(29)23-17(3)27-21-14-20(18-10-6-4-7-11-18)15-22(28)25(21)24(23)19-12-8-5-9-13-19/h4-14,16,20,24-25,27H,15H2,1-3H3. The average molecular weight is 402 g/mol. The van der Waals surface area contributed by atoms with Crippen molar-refractivity contribution >= 4 is 11.8 Å². The second-order valence-corrected chi connectivity index (χ2v) is 8.29. The van der Waals surface area contributed by atoms with Crippen molar-refractivity contribution < 1.29 is 14.3 Å². The summed E-state index contributed by atoms with van der Waals surface area (Å²) < 4.78 is 5.55. The SMILES string of the molecule is CC1=C(C(=O)OC(C)C)C(c2ccccc2)C2C(=O)CC(c3ccccc3)C=C2N1. The first kappa shape index (κ1) is 20.1. The molecule has 0 aromatic heterocycles. The van der Waals surface area contributed by atoms with Crippen LogP contribution in [-0.4, -0.2) is 17.9 Å². The van der Waals surface area contributed by atoms with Gasteiger partial charge in [0.25, 0.3) is 0 Å². The fourth-order valence-corrected chi connectivity index (χ4v) is 4.56. The van der Waals surface area contributed by atoms with Gasteiger partial charge in [-0.25, -0.2) is 4.79 Å². The number of nitrogens with one attached hydrogen (secondary N) is 1. The Balaban J connectivity index is 1.81. The minimum Gasteiger partial charge on any atom is -0.460 e. The van der Waals surface area contributed by atoms with Crippen molar-refractivity contribution in [2.75, 3.05) is 0 Å². The van der Waals surface area contributed by atoms with Crippen molar-refractivity contribution in [1.29, 1.82) is 0 Å². The van der Waals surface area contributed by atoms with Crippen LogP contribution in [0.5, 0.6) is 0 Å². The molecule has 1 N–H and O–H groups in total. The molecule has 4 nitrogen and oxygen atoms in total. The van der Waals surface area contributed by atoms with Gasteiger partial charge in [0, 0.05) is 29.7 Å². The van der Waals surface area contributed by atoms with Crippen LogP contribution < -0.4 is 5.32 Å². The molecule has 1 aliphatic carbocycles.